The molecule has 0 saturated carbocycles. The number of aromatic nitrogens is 3. The summed E-state index contributed by atoms with van der Waals surface area (Å²) >= 11 is 0. The van der Waals surface area contributed by atoms with Gasteiger partial charge in [-0.25, -0.2) is 4.98 Å². The number of hydrogen-bond acceptors (Lipinski definition) is 3. The van der Waals surface area contributed by atoms with Gasteiger partial charge in [0.2, 0.25) is 0 Å². The Hall–Kier alpha value is -2.75. The van der Waals surface area contributed by atoms with Crippen molar-refractivity contribution in [3.05, 3.63) is 70.6 Å². The SMILES string of the molecule is CCc1cccnc1-c1nc(-c2ccccc2)cc(=O)[nH]1. The molecule has 2 aromatic heterocycles. The third-order valence-corrected chi connectivity index (χ3v) is 3.31. The lowest BCUT2D eigenvalue weighted by atomic mass is 10.1. The Balaban J connectivity index is 2.17. The topological polar surface area (TPSA) is 58.6 Å². The van der Waals surface area contributed by atoms with Gasteiger partial charge < -0.3 is 4.98 Å². The molecule has 104 valence electrons. The minimum absolute atomic E-state index is 0.174. The number of rotatable bonds is 3. The number of benzene rings is 1. The molecule has 3 rings (SSSR count). The molecule has 0 aliphatic carbocycles. The zero-order valence-electron chi connectivity index (χ0n) is 11.7. The lowest BCUT2D eigenvalue weighted by Crippen LogP contribution is -2.10. The van der Waals surface area contributed by atoms with Crippen LogP contribution in [0.4, 0.5) is 0 Å². The monoisotopic (exact) mass is 277 g/mol. The minimum Gasteiger partial charge on any atom is -0.305 e. The Labute approximate surface area is 122 Å². The summed E-state index contributed by atoms with van der Waals surface area (Å²) in [5.74, 6) is 0.513. The largest absolute Gasteiger partial charge is 0.305 e. The molecule has 0 spiro atoms. The second-order valence-electron chi connectivity index (χ2n) is 4.71. The molecule has 0 unspecified atom stereocenters. The molecule has 4 heteroatoms. The molecule has 4 nitrogen and oxygen atoms in total. The number of hydrogen-bond donors (Lipinski definition) is 1. The van der Waals surface area contributed by atoms with Crippen molar-refractivity contribution in [1.29, 1.82) is 0 Å². The van der Waals surface area contributed by atoms with E-state index in [1.165, 1.54) is 6.07 Å². The van der Waals surface area contributed by atoms with Crippen LogP contribution in [-0.2, 0) is 6.42 Å². The van der Waals surface area contributed by atoms with E-state index in [2.05, 4.69) is 21.9 Å². The maximum Gasteiger partial charge on any atom is 0.251 e. The van der Waals surface area contributed by atoms with E-state index in [1.54, 1.807) is 6.20 Å². The summed E-state index contributed by atoms with van der Waals surface area (Å²) in [6.07, 6.45) is 2.55. The average Bonchev–Trinajstić information content (AvgIpc) is 2.55. The van der Waals surface area contributed by atoms with Crippen molar-refractivity contribution < 1.29 is 0 Å². The van der Waals surface area contributed by atoms with Gasteiger partial charge in [0.05, 0.1) is 5.69 Å². The Morgan fingerprint density at radius 1 is 1.10 bits per heavy atom. The highest BCUT2D eigenvalue weighted by Gasteiger charge is 2.10. The molecule has 0 aliphatic rings. The zero-order valence-corrected chi connectivity index (χ0v) is 11.7. The molecular formula is C17H15N3O. The number of nitrogens with zero attached hydrogens (tertiary/aromatic N) is 2. The fraction of sp³-hybridized carbons (Fsp3) is 0.118. The van der Waals surface area contributed by atoms with Crippen molar-refractivity contribution in [3.63, 3.8) is 0 Å². The molecule has 3 aromatic rings. The fourth-order valence-corrected chi connectivity index (χ4v) is 2.26. The van der Waals surface area contributed by atoms with Crippen molar-refractivity contribution >= 4 is 0 Å². The second-order valence-corrected chi connectivity index (χ2v) is 4.71. The molecule has 0 radical (unpaired) electrons. The predicted molar refractivity (Wildman–Crippen MR) is 82.9 cm³/mol. The first-order valence-electron chi connectivity index (χ1n) is 6.89. The highest BCUT2D eigenvalue weighted by Crippen LogP contribution is 2.20. The van der Waals surface area contributed by atoms with Gasteiger partial charge in [0.1, 0.15) is 5.69 Å². The Kier molecular flexibility index (Phi) is 3.60. The van der Waals surface area contributed by atoms with E-state index in [1.807, 2.05) is 42.5 Å². The van der Waals surface area contributed by atoms with E-state index in [4.69, 9.17) is 0 Å². The van der Waals surface area contributed by atoms with E-state index in [0.29, 0.717) is 11.5 Å². The smallest absolute Gasteiger partial charge is 0.251 e. The molecule has 0 amide bonds. The first kappa shape index (κ1) is 13.2. The van der Waals surface area contributed by atoms with Gasteiger partial charge in [0.25, 0.3) is 5.56 Å². The maximum absolute atomic E-state index is 11.9. The van der Waals surface area contributed by atoms with Crippen LogP contribution in [0.25, 0.3) is 22.8 Å². The minimum atomic E-state index is -0.174. The fourth-order valence-electron chi connectivity index (χ4n) is 2.26. The third kappa shape index (κ3) is 2.74. The molecule has 0 aliphatic heterocycles. The number of aryl methyl sites for hydroxylation is 1. The molecule has 0 atom stereocenters. The number of aromatic amines is 1. The van der Waals surface area contributed by atoms with E-state index in [9.17, 15) is 4.79 Å². The van der Waals surface area contributed by atoms with Crippen LogP contribution in [0.5, 0.6) is 0 Å². The quantitative estimate of drug-likeness (QED) is 0.800. The zero-order chi connectivity index (χ0) is 14.7. The molecule has 0 saturated heterocycles. The van der Waals surface area contributed by atoms with Gasteiger partial charge in [-0.2, -0.15) is 0 Å². The van der Waals surface area contributed by atoms with Crippen molar-refractivity contribution in [2.45, 2.75) is 13.3 Å². The Morgan fingerprint density at radius 2 is 1.90 bits per heavy atom. The molecular weight excluding hydrogens is 262 g/mol. The first-order valence-corrected chi connectivity index (χ1v) is 6.89. The van der Waals surface area contributed by atoms with Crippen LogP contribution in [0.2, 0.25) is 0 Å². The van der Waals surface area contributed by atoms with Gasteiger partial charge >= 0.3 is 0 Å². The summed E-state index contributed by atoms with van der Waals surface area (Å²) in [6, 6.07) is 15.1. The van der Waals surface area contributed by atoms with Gasteiger partial charge in [-0.15, -0.1) is 0 Å². The standard InChI is InChI=1S/C17H15N3O/c1-2-12-9-6-10-18-16(12)17-19-14(11-15(21)20-17)13-7-4-3-5-8-13/h3-11H,2H2,1H3,(H,19,20,21). The van der Waals surface area contributed by atoms with Crippen LogP contribution in [0.1, 0.15) is 12.5 Å². The molecule has 1 aromatic carbocycles. The van der Waals surface area contributed by atoms with Gasteiger partial charge in [0.15, 0.2) is 5.82 Å². The van der Waals surface area contributed by atoms with Crippen molar-refractivity contribution in [2.75, 3.05) is 0 Å². The first-order chi connectivity index (χ1) is 10.3. The van der Waals surface area contributed by atoms with Crippen molar-refractivity contribution in [2.24, 2.45) is 0 Å². The highest BCUT2D eigenvalue weighted by atomic mass is 16.1. The molecule has 0 bridgehead atoms. The third-order valence-electron chi connectivity index (χ3n) is 3.31. The summed E-state index contributed by atoms with van der Waals surface area (Å²) in [6.45, 7) is 2.06. The predicted octanol–water partition coefficient (Wildman–Crippen LogP) is 3.06. The lowest BCUT2D eigenvalue weighted by molar-refractivity contribution is 1.05. The van der Waals surface area contributed by atoms with E-state index in [-0.39, 0.29) is 5.56 Å². The average molecular weight is 277 g/mol. The van der Waals surface area contributed by atoms with Crippen molar-refractivity contribution in [3.8, 4) is 22.8 Å². The molecule has 21 heavy (non-hydrogen) atoms. The van der Waals surface area contributed by atoms with Crippen LogP contribution in [0, 0.1) is 0 Å². The number of H-pyrrole nitrogens is 1. The van der Waals surface area contributed by atoms with E-state index < -0.39 is 0 Å². The van der Waals surface area contributed by atoms with Crippen molar-refractivity contribution in [1.82, 2.24) is 15.0 Å². The normalized spacial score (nSPS) is 10.5. The van der Waals surface area contributed by atoms with Gasteiger partial charge in [-0.05, 0) is 18.1 Å². The lowest BCUT2D eigenvalue weighted by Gasteiger charge is -2.07. The summed E-state index contributed by atoms with van der Waals surface area (Å²) in [4.78, 5) is 23.6. The van der Waals surface area contributed by atoms with Crippen LogP contribution >= 0.6 is 0 Å². The molecule has 0 fully saturated rings. The number of pyridine rings is 1. The molecule has 2 heterocycles. The van der Waals surface area contributed by atoms with E-state index >= 15 is 0 Å². The van der Waals surface area contributed by atoms with Crippen LogP contribution in [0.3, 0.4) is 0 Å². The van der Waals surface area contributed by atoms with E-state index in [0.717, 1.165) is 23.2 Å². The summed E-state index contributed by atoms with van der Waals surface area (Å²) < 4.78 is 0. The van der Waals surface area contributed by atoms with Gasteiger partial charge in [0, 0.05) is 17.8 Å². The summed E-state index contributed by atoms with van der Waals surface area (Å²) in [5.41, 5.74) is 3.19. The summed E-state index contributed by atoms with van der Waals surface area (Å²) in [7, 11) is 0. The Morgan fingerprint density at radius 3 is 2.67 bits per heavy atom. The summed E-state index contributed by atoms with van der Waals surface area (Å²) in [5, 5.41) is 0. The highest BCUT2D eigenvalue weighted by molar-refractivity contribution is 5.63. The Bertz CT molecular complexity index is 810. The van der Waals surface area contributed by atoms with Crippen LogP contribution in [0.15, 0.2) is 59.5 Å². The van der Waals surface area contributed by atoms with Crippen LogP contribution < -0.4 is 5.56 Å². The van der Waals surface area contributed by atoms with Gasteiger partial charge in [-0.3, -0.25) is 9.78 Å². The van der Waals surface area contributed by atoms with Crippen LogP contribution in [-0.4, -0.2) is 15.0 Å². The maximum atomic E-state index is 11.9. The molecule has 1 N–H and O–H groups in total. The number of nitrogens with one attached hydrogen (secondary N) is 1. The second kappa shape index (κ2) is 5.71. The van der Waals surface area contributed by atoms with Gasteiger partial charge in [-0.1, -0.05) is 43.3 Å².